The summed E-state index contributed by atoms with van der Waals surface area (Å²) in [7, 11) is -0.582. The fourth-order valence-corrected chi connectivity index (χ4v) is 3.87. The van der Waals surface area contributed by atoms with Crippen LogP contribution < -0.4 is 10.6 Å². The van der Waals surface area contributed by atoms with E-state index in [1.54, 1.807) is 47.5 Å². The van der Waals surface area contributed by atoms with E-state index in [-0.39, 0.29) is 23.2 Å². The normalized spacial score (nSPS) is 17.5. The molecule has 1 saturated heterocycles. The van der Waals surface area contributed by atoms with E-state index in [1.165, 1.54) is 18.4 Å². The molecule has 1 fully saturated rings. The van der Waals surface area contributed by atoms with Crippen molar-refractivity contribution in [2.45, 2.75) is 17.4 Å². The van der Waals surface area contributed by atoms with Crippen molar-refractivity contribution < 1.29 is 13.2 Å². The van der Waals surface area contributed by atoms with Crippen molar-refractivity contribution in [2.75, 3.05) is 25.5 Å². The Morgan fingerprint density at radius 1 is 1.19 bits per heavy atom. The summed E-state index contributed by atoms with van der Waals surface area (Å²) in [6.07, 6.45) is 2.18. The van der Waals surface area contributed by atoms with Gasteiger partial charge in [0, 0.05) is 38.0 Å². The SMILES string of the molecule is CN(C)S(=O)(=O)c1ccccc1-c1ccc(N2CC[C@H](N)C2=O)nc1.Cl. The first-order valence-corrected chi connectivity index (χ1v) is 9.31. The molecule has 140 valence electrons. The molecule has 9 heteroatoms. The van der Waals surface area contributed by atoms with E-state index in [0.29, 0.717) is 29.9 Å². The molecule has 0 saturated carbocycles. The Balaban J connectivity index is 0.00000243. The van der Waals surface area contributed by atoms with Gasteiger partial charge in [-0.15, -0.1) is 12.4 Å². The Morgan fingerprint density at radius 2 is 1.88 bits per heavy atom. The number of hydrogen-bond acceptors (Lipinski definition) is 5. The van der Waals surface area contributed by atoms with Crippen molar-refractivity contribution in [3.05, 3.63) is 42.6 Å². The summed E-state index contributed by atoms with van der Waals surface area (Å²) >= 11 is 0. The zero-order valence-electron chi connectivity index (χ0n) is 14.5. The standard InChI is InChI=1S/C17H20N4O3S.ClH/c1-20(2)25(23,24)15-6-4-3-5-13(15)12-7-8-16(19-11-12)21-10-9-14(18)17(21)22;/h3-8,11,14H,9-10,18H2,1-2H3;1H/t14-;/m0./s1. The predicted octanol–water partition coefficient (Wildman–Crippen LogP) is 1.48. The number of aromatic nitrogens is 1. The number of carbonyl (C=O) groups is 1. The van der Waals surface area contributed by atoms with Crippen LogP contribution in [0.3, 0.4) is 0 Å². The van der Waals surface area contributed by atoms with Crippen LogP contribution in [0, 0.1) is 0 Å². The minimum absolute atomic E-state index is 0. The summed E-state index contributed by atoms with van der Waals surface area (Å²) in [4.78, 5) is 18.1. The molecule has 0 radical (unpaired) electrons. The van der Waals surface area contributed by atoms with Gasteiger partial charge < -0.3 is 5.73 Å². The smallest absolute Gasteiger partial charge is 0.245 e. The summed E-state index contributed by atoms with van der Waals surface area (Å²) in [5, 5.41) is 0. The van der Waals surface area contributed by atoms with Crippen LogP contribution in [0.5, 0.6) is 0 Å². The van der Waals surface area contributed by atoms with Gasteiger partial charge in [-0.05, 0) is 24.6 Å². The molecular formula is C17H21ClN4O3S. The number of carbonyl (C=O) groups excluding carboxylic acids is 1. The van der Waals surface area contributed by atoms with Gasteiger partial charge in [0.15, 0.2) is 0 Å². The highest BCUT2D eigenvalue weighted by Crippen LogP contribution is 2.29. The molecule has 3 rings (SSSR count). The van der Waals surface area contributed by atoms with E-state index in [4.69, 9.17) is 5.73 Å². The molecule has 2 heterocycles. The largest absolute Gasteiger partial charge is 0.320 e. The van der Waals surface area contributed by atoms with Crippen molar-refractivity contribution in [2.24, 2.45) is 5.73 Å². The van der Waals surface area contributed by atoms with Crippen molar-refractivity contribution in [1.29, 1.82) is 0 Å². The van der Waals surface area contributed by atoms with E-state index >= 15 is 0 Å². The summed E-state index contributed by atoms with van der Waals surface area (Å²) < 4.78 is 26.2. The van der Waals surface area contributed by atoms with Crippen LogP contribution in [0.2, 0.25) is 0 Å². The highest BCUT2D eigenvalue weighted by Gasteiger charge is 2.30. The molecule has 2 aromatic rings. The molecule has 1 aromatic carbocycles. The molecule has 0 aliphatic carbocycles. The molecule has 1 aliphatic heterocycles. The molecular weight excluding hydrogens is 376 g/mol. The number of nitrogens with two attached hydrogens (primary N) is 1. The van der Waals surface area contributed by atoms with Crippen LogP contribution in [-0.2, 0) is 14.8 Å². The van der Waals surface area contributed by atoms with E-state index in [1.807, 2.05) is 0 Å². The van der Waals surface area contributed by atoms with Crippen LogP contribution in [0.1, 0.15) is 6.42 Å². The molecule has 0 spiro atoms. The molecule has 1 atom stereocenters. The van der Waals surface area contributed by atoms with Crippen LogP contribution in [0.25, 0.3) is 11.1 Å². The average molecular weight is 397 g/mol. The lowest BCUT2D eigenvalue weighted by atomic mass is 10.1. The Morgan fingerprint density at radius 3 is 2.42 bits per heavy atom. The van der Waals surface area contributed by atoms with E-state index < -0.39 is 16.1 Å². The highest BCUT2D eigenvalue weighted by atomic mass is 35.5. The quantitative estimate of drug-likeness (QED) is 0.844. The molecule has 0 bridgehead atoms. The van der Waals surface area contributed by atoms with Crippen LogP contribution in [0.4, 0.5) is 5.82 Å². The minimum atomic E-state index is -3.57. The summed E-state index contributed by atoms with van der Waals surface area (Å²) in [6.45, 7) is 0.540. The first-order chi connectivity index (χ1) is 11.8. The Hall–Kier alpha value is -2.00. The fourth-order valence-electron chi connectivity index (χ4n) is 2.76. The van der Waals surface area contributed by atoms with Gasteiger partial charge in [0.2, 0.25) is 15.9 Å². The van der Waals surface area contributed by atoms with Gasteiger partial charge in [0.25, 0.3) is 0 Å². The predicted molar refractivity (Wildman–Crippen MR) is 103 cm³/mol. The van der Waals surface area contributed by atoms with Crippen molar-refractivity contribution in [3.8, 4) is 11.1 Å². The number of sulfonamides is 1. The number of rotatable bonds is 4. The maximum absolute atomic E-state index is 12.5. The number of nitrogens with zero attached hydrogens (tertiary/aromatic N) is 3. The van der Waals surface area contributed by atoms with E-state index in [9.17, 15) is 13.2 Å². The lowest BCUT2D eigenvalue weighted by Crippen LogP contribution is -2.34. The first kappa shape index (κ1) is 20.3. The zero-order valence-corrected chi connectivity index (χ0v) is 16.1. The number of hydrogen-bond donors (Lipinski definition) is 1. The van der Waals surface area contributed by atoms with Gasteiger partial charge in [0.1, 0.15) is 5.82 Å². The van der Waals surface area contributed by atoms with Gasteiger partial charge in [-0.2, -0.15) is 0 Å². The van der Waals surface area contributed by atoms with Crippen LogP contribution >= 0.6 is 12.4 Å². The Bertz CT molecular complexity index is 900. The van der Waals surface area contributed by atoms with Gasteiger partial charge in [0.05, 0.1) is 10.9 Å². The molecule has 1 aliphatic rings. The lowest BCUT2D eigenvalue weighted by molar-refractivity contribution is -0.118. The Labute approximate surface area is 159 Å². The second-order valence-electron chi connectivity index (χ2n) is 6.07. The monoisotopic (exact) mass is 396 g/mol. The van der Waals surface area contributed by atoms with Crippen LogP contribution in [-0.4, -0.2) is 50.3 Å². The van der Waals surface area contributed by atoms with Crippen molar-refractivity contribution in [1.82, 2.24) is 9.29 Å². The maximum atomic E-state index is 12.5. The number of halogens is 1. The molecule has 7 nitrogen and oxygen atoms in total. The highest BCUT2D eigenvalue weighted by molar-refractivity contribution is 7.89. The molecule has 0 unspecified atom stereocenters. The van der Waals surface area contributed by atoms with Gasteiger partial charge >= 0.3 is 0 Å². The Kier molecular flexibility index (Phi) is 6.02. The number of anilines is 1. The summed E-state index contributed by atoms with van der Waals surface area (Å²) in [5.74, 6) is 0.380. The lowest BCUT2D eigenvalue weighted by Gasteiger charge is -2.17. The second-order valence-corrected chi connectivity index (χ2v) is 8.19. The number of benzene rings is 1. The summed E-state index contributed by atoms with van der Waals surface area (Å²) in [6, 6.07) is 9.78. The van der Waals surface area contributed by atoms with Crippen molar-refractivity contribution >= 4 is 34.2 Å². The third kappa shape index (κ3) is 3.59. The van der Waals surface area contributed by atoms with Gasteiger partial charge in [-0.1, -0.05) is 18.2 Å². The number of pyridine rings is 1. The van der Waals surface area contributed by atoms with Crippen LogP contribution in [0.15, 0.2) is 47.5 Å². The van der Waals surface area contributed by atoms with E-state index in [0.717, 1.165) is 0 Å². The van der Waals surface area contributed by atoms with Gasteiger partial charge in [-0.3, -0.25) is 9.69 Å². The minimum Gasteiger partial charge on any atom is -0.320 e. The topological polar surface area (TPSA) is 96.6 Å². The second kappa shape index (κ2) is 7.71. The summed E-state index contributed by atoms with van der Waals surface area (Å²) in [5.41, 5.74) is 6.97. The molecule has 26 heavy (non-hydrogen) atoms. The maximum Gasteiger partial charge on any atom is 0.245 e. The molecule has 1 amide bonds. The fraction of sp³-hybridized carbons (Fsp3) is 0.294. The molecule has 2 N–H and O–H groups in total. The zero-order chi connectivity index (χ0) is 18.2. The average Bonchev–Trinajstić information content (AvgIpc) is 2.94. The third-order valence-corrected chi connectivity index (χ3v) is 6.10. The first-order valence-electron chi connectivity index (χ1n) is 7.87. The van der Waals surface area contributed by atoms with E-state index in [2.05, 4.69) is 4.98 Å². The third-order valence-electron chi connectivity index (χ3n) is 4.23. The van der Waals surface area contributed by atoms with Gasteiger partial charge in [-0.25, -0.2) is 17.7 Å². The number of amides is 1. The molecule has 1 aromatic heterocycles. The van der Waals surface area contributed by atoms with Crippen molar-refractivity contribution in [3.63, 3.8) is 0 Å².